The Morgan fingerprint density at radius 3 is 2.42 bits per heavy atom. The van der Waals surface area contributed by atoms with Crippen LogP contribution in [0.4, 0.5) is 0 Å². The molecule has 2 N–H and O–H groups in total. The Morgan fingerprint density at radius 2 is 1.81 bits per heavy atom. The summed E-state index contributed by atoms with van der Waals surface area (Å²) < 4.78 is 2.24. The van der Waals surface area contributed by atoms with E-state index in [1.165, 1.54) is 0 Å². The molecule has 3 heterocycles. The third-order valence-electron chi connectivity index (χ3n) is 4.90. The highest BCUT2D eigenvalue weighted by Crippen LogP contribution is 2.12. The van der Waals surface area contributed by atoms with Gasteiger partial charge in [-0.15, -0.1) is 0 Å². The van der Waals surface area contributed by atoms with Crippen LogP contribution in [0.5, 0.6) is 0 Å². The molecule has 10 heteroatoms. The molecular formula is C21H31N5O5. The van der Waals surface area contributed by atoms with E-state index in [0.29, 0.717) is 11.7 Å². The van der Waals surface area contributed by atoms with Gasteiger partial charge in [-0.05, 0) is 25.5 Å². The van der Waals surface area contributed by atoms with Crippen molar-refractivity contribution in [2.75, 3.05) is 26.2 Å². The van der Waals surface area contributed by atoms with Crippen molar-refractivity contribution in [2.45, 2.75) is 39.3 Å². The van der Waals surface area contributed by atoms with Crippen molar-refractivity contribution >= 4 is 18.9 Å². The van der Waals surface area contributed by atoms with Crippen molar-refractivity contribution in [1.29, 1.82) is 0 Å². The number of carboxylic acid groups (broad SMARTS) is 2. The summed E-state index contributed by atoms with van der Waals surface area (Å²) in [6.45, 7) is 8.30. The van der Waals surface area contributed by atoms with Crippen molar-refractivity contribution < 1.29 is 24.6 Å². The van der Waals surface area contributed by atoms with E-state index in [4.69, 9.17) is 19.8 Å². The van der Waals surface area contributed by atoms with Crippen LogP contribution in [0, 0.1) is 0 Å². The van der Waals surface area contributed by atoms with Crippen LogP contribution in [-0.4, -0.2) is 85.6 Å². The normalized spacial score (nSPS) is 14.7. The summed E-state index contributed by atoms with van der Waals surface area (Å²) in [5.41, 5.74) is 0.537. The fourth-order valence-electron chi connectivity index (χ4n) is 3.45. The molecule has 0 spiro atoms. The quantitative estimate of drug-likeness (QED) is 0.679. The lowest BCUT2D eigenvalue weighted by Gasteiger charge is -2.28. The van der Waals surface area contributed by atoms with Crippen molar-refractivity contribution in [3.05, 3.63) is 48.3 Å². The van der Waals surface area contributed by atoms with Crippen LogP contribution >= 0.6 is 0 Å². The van der Waals surface area contributed by atoms with Crippen LogP contribution in [-0.2, 0) is 22.6 Å². The molecule has 1 atom stereocenters. The summed E-state index contributed by atoms with van der Waals surface area (Å²) in [6.07, 6.45) is 7.56. The molecule has 1 aliphatic rings. The van der Waals surface area contributed by atoms with Crippen LogP contribution < -0.4 is 0 Å². The molecule has 1 unspecified atom stereocenters. The van der Waals surface area contributed by atoms with Crippen LogP contribution in [0.25, 0.3) is 0 Å². The number of carbonyl (C=O) groups is 3. The first kappa shape index (κ1) is 25.8. The minimum Gasteiger partial charge on any atom is -0.483 e. The molecule has 0 bridgehead atoms. The van der Waals surface area contributed by atoms with Crippen molar-refractivity contribution in [3.8, 4) is 0 Å². The lowest BCUT2D eigenvalue weighted by atomic mass is 10.2. The number of hydrogen-bond acceptors (Lipinski definition) is 6. The van der Waals surface area contributed by atoms with E-state index in [1.54, 1.807) is 12.3 Å². The number of imidazole rings is 1. The third kappa shape index (κ3) is 8.55. The van der Waals surface area contributed by atoms with Gasteiger partial charge < -0.3 is 19.7 Å². The van der Waals surface area contributed by atoms with Crippen molar-refractivity contribution in [1.82, 2.24) is 24.3 Å². The first-order chi connectivity index (χ1) is 15.0. The Labute approximate surface area is 182 Å². The molecule has 10 nitrogen and oxygen atoms in total. The van der Waals surface area contributed by atoms with Crippen LogP contribution in [0.3, 0.4) is 0 Å². The SMILES string of the molecule is CCc1nccn1CC(C)N1CCCN(C(=O)c2ccccn2)CC1.O=CO.O=CO. The average Bonchev–Trinajstić information content (AvgIpc) is 3.07. The van der Waals surface area contributed by atoms with Gasteiger partial charge in [0.05, 0.1) is 0 Å². The number of nitrogens with zero attached hydrogens (tertiary/aromatic N) is 5. The fraction of sp³-hybridized carbons (Fsp3) is 0.476. The summed E-state index contributed by atoms with van der Waals surface area (Å²) in [5, 5.41) is 13.8. The zero-order valence-corrected chi connectivity index (χ0v) is 18.0. The Kier molecular flexibility index (Phi) is 12.2. The molecule has 0 saturated carbocycles. The Balaban J connectivity index is 0.000000720. The van der Waals surface area contributed by atoms with E-state index in [0.717, 1.165) is 51.4 Å². The predicted molar refractivity (Wildman–Crippen MR) is 115 cm³/mol. The molecule has 0 aliphatic carbocycles. The maximum atomic E-state index is 12.6. The van der Waals surface area contributed by atoms with Gasteiger partial charge in [0.15, 0.2) is 0 Å². The lowest BCUT2D eigenvalue weighted by molar-refractivity contribution is -0.123. The van der Waals surface area contributed by atoms with E-state index in [-0.39, 0.29) is 18.9 Å². The van der Waals surface area contributed by atoms with Gasteiger partial charge in [-0.25, -0.2) is 4.98 Å². The maximum absolute atomic E-state index is 12.6. The largest absolute Gasteiger partial charge is 0.483 e. The lowest BCUT2D eigenvalue weighted by Crippen LogP contribution is -2.40. The minimum atomic E-state index is -0.250. The van der Waals surface area contributed by atoms with Gasteiger partial charge in [-0.3, -0.25) is 24.3 Å². The molecule has 0 radical (unpaired) electrons. The van der Waals surface area contributed by atoms with Gasteiger partial charge in [-0.1, -0.05) is 13.0 Å². The maximum Gasteiger partial charge on any atom is 0.290 e. The van der Waals surface area contributed by atoms with Crippen molar-refractivity contribution in [3.63, 3.8) is 0 Å². The van der Waals surface area contributed by atoms with Gasteiger partial charge in [0.1, 0.15) is 11.5 Å². The number of rotatable bonds is 5. The zero-order chi connectivity index (χ0) is 23.1. The number of aryl methyl sites for hydroxylation is 1. The molecule has 2 aromatic rings. The van der Waals surface area contributed by atoms with E-state index >= 15 is 0 Å². The molecule has 1 fully saturated rings. The highest BCUT2D eigenvalue weighted by Gasteiger charge is 2.23. The fourth-order valence-corrected chi connectivity index (χ4v) is 3.45. The summed E-state index contributed by atoms with van der Waals surface area (Å²) in [7, 11) is 0. The van der Waals surface area contributed by atoms with E-state index in [1.807, 2.05) is 23.2 Å². The average molecular weight is 434 g/mol. The van der Waals surface area contributed by atoms with Gasteiger partial charge >= 0.3 is 0 Å². The number of aromatic nitrogens is 3. The minimum absolute atomic E-state index is 0.0398. The number of amides is 1. The third-order valence-corrected chi connectivity index (χ3v) is 4.90. The van der Waals surface area contributed by atoms with Gasteiger partial charge in [-0.2, -0.15) is 0 Å². The summed E-state index contributed by atoms with van der Waals surface area (Å²) in [6, 6.07) is 5.91. The topological polar surface area (TPSA) is 129 Å². The number of hydrogen-bond donors (Lipinski definition) is 2. The number of pyridine rings is 1. The van der Waals surface area contributed by atoms with E-state index in [9.17, 15) is 4.79 Å². The van der Waals surface area contributed by atoms with E-state index < -0.39 is 0 Å². The van der Waals surface area contributed by atoms with E-state index in [2.05, 4.69) is 39.5 Å². The molecule has 1 aliphatic heterocycles. The smallest absolute Gasteiger partial charge is 0.290 e. The van der Waals surface area contributed by atoms with Gasteiger partial charge in [0.25, 0.3) is 18.9 Å². The van der Waals surface area contributed by atoms with Gasteiger partial charge in [0.2, 0.25) is 0 Å². The number of carbonyl (C=O) groups excluding carboxylic acids is 1. The van der Waals surface area contributed by atoms with Crippen LogP contribution in [0.1, 0.15) is 36.6 Å². The van der Waals surface area contributed by atoms with Crippen LogP contribution in [0.2, 0.25) is 0 Å². The van der Waals surface area contributed by atoms with Crippen LogP contribution in [0.15, 0.2) is 36.8 Å². The summed E-state index contributed by atoms with van der Waals surface area (Å²) in [4.78, 5) is 42.3. The molecule has 1 saturated heterocycles. The highest BCUT2D eigenvalue weighted by molar-refractivity contribution is 5.92. The Bertz CT molecular complexity index is 777. The Hall–Kier alpha value is -3.27. The second-order valence-corrected chi connectivity index (χ2v) is 6.81. The molecule has 170 valence electrons. The summed E-state index contributed by atoms with van der Waals surface area (Å²) >= 11 is 0. The second kappa shape index (κ2) is 14.7. The first-order valence-corrected chi connectivity index (χ1v) is 10.1. The molecule has 3 rings (SSSR count). The highest BCUT2D eigenvalue weighted by atomic mass is 16.3. The standard InChI is InChI=1S/C19H27N5O.2CH2O2/c1-3-18-21-9-12-24(18)15-16(2)22-10-6-11-23(14-13-22)19(25)17-7-4-5-8-20-17;2*2-1-3/h4-5,7-9,12,16H,3,6,10-11,13-15H2,1-2H3;2*1H,(H,2,3). The van der Waals surface area contributed by atoms with Gasteiger partial charge in [0, 0.05) is 63.8 Å². The molecule has 0 aromatic carbocycles. The Morgan fingerprint density at radius 1 is 1.10 bits per heavy atom. The van der Waals surface area contributed by atoms with Crippen molar-refractivity contribution in [2.24, 2.45) is 0 Å². The first-order valence-electron chi connectivity index (χ1n) is 10.1. The predicted octanol–water partition coefficient (Wildman–Crippen LogP) is 1.48. The zero-order valence-electron chi connectivity index (χ0n) is 18.0. The molecule has 1 amide bonds. The molecular weight excluding hydrogens is 402 g/mol. The monoisotopic (exact) mass is 433 g/mol. The summed E-state index contributed by atoms with van der Waals surface area (Å²) in [5.74, 6) is 1.17. The molecule has 2 aromatic heterocycles. The molecule has 31 heavy (non-hydrogen) atoms. The second-order valence-electron chi connectivity index (χ2n) is 6.81.